The van der Waals surface area contributed by atoms with Crippen LogP contribution in [0.3, 0.4) is 0 Å². The van der Waals surface area contributed by atoms with Crippen molar-refractivity contribution in [2.45, 2.75) is 44.8 Å². The maximum Gasteiger partial charge on any atom is 0.414 e. The van der Waals surface area contributed by atoms with Crippen molar-refractivity contribution in [3.05, 3.63) is 57.9 Å². The number of likely N-dealkylation sites (tertiary alicyclic amines) is 1. The maximum atomic E-state index is 13.7. The van der Waals surface area contributed by atoms with Crippen molar-refractivity contribution in [2.24, 2.45) is 0 Å². The predicted octanol–water partition coefficient (Wildman–Crippen LogP) is 0.216. The van der Waals surface area contributed by atoms with E-state index in [0.29, 0.717) is 36.0 Å². The van der Waals surface area contributed by atoms with Gasteiger partial charge in [0.2, 0.25) is 5.88 Å². The van der Waals surface area contributed by atoms with E-state index in [1.165, 1.54) is 18.3 Å². The number of piperidine rings is 1. The Morgan fingerprint density at radius 2 is 1.61 bits per heavy atom. The zero-order chi connectivity index (χ0) is 32.2. The van der Waals surface area contributed by atoms with E-state index in [4.69, 9.17) is 44.3 Å². The Hall–Kier alpha value is -5.03. The predicted molar refractivity (Wildman–Crippen MR) is 149 cm³/mol. The number of nitrogens with one attached hydrogen (secondary N) is 1. The molecule has 1 fully saturated rings. The smallest absolute Gasteiger partial charge is 0.414 e. The molecule has 2 aromatic heterocycles. The van der Waals surface area contributed by atoms with Crippen molar-refractivity contribution in [1.29, 1.82) is 0 Å². The number of aryl methyl sites for hydroxylation is 1. The second kappa shape index (κ2) is 16.0. The summed E-state index contributed by atoms with van der Waals surface area (Å²) in [6.45, 7) is 4.60. The van der Waals surface area contributed by atoms with Crippen LogP contribution in [0.1, 0.15) is 30.5 Å². The van der Waals surface area contributed by atoms with Crippen LogP contribution in [-0.4, -0.2) is 101 Å². The molecule has 1 saturated heterocycles. The van der Waals surface area contributed by atoms with E-state index in [2.05, 4.69) is 31.5 Å². The summed E-state index contributed by atoms with van der Waals surface area (Å²) < 4.78 is 20.8. The molecule has 1 aromatic carbocycles. The second-order valence-electron chi connectivity index (χ2n) is 9.72. The third-order valence-corrected chi connectivity index (χ3v) is 6.69. The largest absolute Gasteiger partial charge is 0.476 e. The van der Waals surface area contributed by atoms with Crippen molar-refractivity contribution in [3.8, 4) is 5.88 Å². The van der Waals surface area contributed by atoms with Crippen LogP contribution in [0.4, 0.5) is 4.39 Å². The molecule has 0 unspecified atom stereocenters. The minimum Gasteiger partial charge on any atom is -0.476 e. The summed E-state index contributed by atoms with van der Waals surface area (Å²) in [4.78, 5) is 55.2. The van der Waals surface area contributed by atoms with Crippen molar-refractivity contribution < 1.29 is 48.7 Å². The van der Waals surface area contributed by atoms with Gasteiger partial charge in [-0.1, -0.05) is 0 Å². The summed E-state index contributed by atoms with van der Waals surface area (Å²) in [6, 6.07) is 6.89. The molecule has 16 nitrogen and oxygen atoms in total. The van der Waals surface area contributed by atoms with E-state index >= 15 is 0 Å². The number of carboxylic acids is 4. The monoisotopic (exact) mass is 618 g/mol. The number of aromatic nitrogens is 4. The molecule has 0 bridgehead atoms. The molecule has 236 valence electrons. The molecule has 0 radical (unpaired) electrons. The molecule has 5 N–H and O–H groups in total. The first-order valence-corrected chi connectivity index (χ1v) is 13.5. The molecule has 2 aliphatic heterocycles. The number of aliphatic carboxylic acids is 4. The number of rotatable bonds is 6. The fraction of sp³-hybridized carbons (Fsp3) is 0.407. The molecule has 17 heteroatoms. The SMILES string of the molecule is O=C(O)C(=O)O.O=C(O)C(=O)O.O=c1cnc2ccc(F)cc2n1CCN1CCC(NCc2cc3c(nn2)OCCC3)CC1. The number of carboxylic acid groups (broad SMARTS) is 4. The topological polar surface area (TPSA) is 234 Å². The molecule has 0 spiro atoms. The van der Waals surface area contributed by atoms with Crippen LogP contribution < -0.4 is 15.6 Å². The third kappa shape index (κ3) is 10.1. The lowest BCUT2D eigenvalue weighted by Crippen LogP contribution is -2.43. The average molecular weight is 619 g/mol. The molecule has 44 heavy (non-hydrogen) atoms. The molecular formula is C27H31FN6O10. The lowest BCUT2D eigenvalue weighted by atomic mass is 10.0. The summed E-state index contributed by atoms with van der Waals surface area (Å²) >= 11 is 0. The quantitative estimate of drug-likeness (QED) is 0.232. The van der Waals surface area contributed by atoms with E-state index in [1.807, 2.05) is 0 Å². The van der Waals surface area contributed by atoms with Gasteiger partial charge in [-0.05, 0) is 63.0 Å². The van der Waals surface area contributed by atoms with E-state index in [1.54, 1.807) is 10.6 Å². The molecule has 4 heterocycles. The van der Waals surface area contributed by atoms with Crippen LogP contribution in [0.15, 0.2) is 35.3 Å². The highest BCUT2D eigenvalue weighted by atomic mass is 19.1. The molecule has 0 amide bonds. The molecule has 5 rings (SSSR count). The van der Waals surface area contributed by atoms with Crippen molar-refractivity contribution in [2.75, 3.05) is 26.2 Å². The number of fused-ring (bicyclic) bond motifs is 2. The minimum atomic E-state index is -1.82. The Morgan fingerprint density at radius 1 is 0.955 bits per heavy atom. The second-order valence-corrected chi connectivity index (χ2v) is 9.72. The molecule has 0 aliphatic carbocycles. The Labute approximate surface area is 248 Å². The van der Waals surface area contributed by atoms with Gasteiger partial charge in [0, 0.05) is 31.2 Å². The van der Waals surface area contributed by atoms with Crippen LogP contribution in [0.25, 0.3) is 11.0 Å². The fourth-order valence-corrected chi connectivity index (χ4v) is 4.50. The number of benzene rings is 1. The van der Waals surface area contributed by atoms with Crippen LogP contribution >= 0.6 is 0 Å². The summed E-state index contributed by atoms with van der Waals surface area (Å²) in [6.07, 6.45) is 5.40. The van der Waals surface area contributed by atoms with Gasteiger partial charge in [-0.15, -0.1) is 5.10 Å². The van der Waals surface area contributed by atoms with Crippen LogP contribution in [0, 0.1) is 5.82 Å². The van der Waals surface area contributed by atoms with Gasteiger partial charge in [0.25, 0.3) is 5.56 Å². The number of hydrogen-bond acceptors (Lipinski definition) is 11. The van der Waals surface area contributed by atoms with Crippen molar-refractivity contribution >= 4 is 34.9 Å². The Kier molecular flexibility index (Phi) is 12.2. The number of ether oxygens (including phenoxy) is 1. The van der Waals surface area contributed by atoms with E-state index in [-0.39, 0.29) is 11.4 Å². The van der Waals surface area contributed by atoms with Crippen molar-refractivity contribution in [3.63, 3.8) is 0 Å². The Balaban J connectivity index is 0.000000375. The highest BCUT2D eigenvalue weighted by Crippen LogP contribution is 2.21. The van der Waals surface area contributed by atoms with E-state index in [9.17, 15) is 9.18 Å². The highest BCUT2D eigenvalue weighted by molar-refractivity contribution is 6.27. The van der Waals surface area contributed by atoms with Gasteiger partial charge in [-0.25, -0.2) is 28.6 Å². The van der Waals surface area contributed by atoms with Gasteiger partial charge in [0.15, 0.2) is 0 Å². The molecule has 3 aromatic rings. The van der Waals surface area contributed by atoms with E-state index in [0.717, 1.165) is 63.2 Å². The standard InChI is InChI=1S/C23H27FN6O2.2C2H2O4/c24-17-3-4-20-21(13-17)30(22(31)15-26-20)10-9-29-7-5-18(6-8-29)25-14-19-12-16-2-1-11-32-23(16)28-27-19;2*3-1(4)2(5)6/h3-4,12-13,15,18,25H,1-2,5-11,14H2;2*(H,3,4)(H,5,6). The molecular weight excluding hydrogens is 587 g/mol. The minimum absolute atomic E-state index is 0.198. The molecule has 2 aliphatic rings. The first kappa shape index (κ1) is 33.5. The number of hydrogen-bond donors (Lipinski definition) is 5. The van der Waals surface area contributed by atoms with Gasteiger partial charge in [-0.2, -0.15) is 5.10 Å². The lowest BCUT2D eigenvalue weighted by Gasteiger charge is -2.32. The zero-order valence-electron chi connectivity index (χ0n) is 23.4. The average Bonchev–Trinajstić information content (AvgIpc) is 3.00. The Morgan fingerprint density at radius 3 is 2.25 bits per heavy atom. The highest BCUT2D eigenvalue weighted by Gasteiger charge is 2.20. The first-order chi connectivity index (χ1) is 20.9. The Bertz CT molecular complexity index is 1510. The molecule has 0 saturated carbocycles. The number of halogens is 1. The van der Waals surface area contributed by atoms with Gasteiger partial charge >= 0.3 is 23.9 Å². The summed E-state index contributed by atoms with van der Waals surface area (Å²) in [5, 5.41) is 41.7. The molecule has 0 atom stereocenters. The fourth-order valence-electron chi connectivity index (χ4n) is 4.50. The van der Waals surface area contributed by atoms with Gasteiger partial charge in [0.05, 0.1) is 29.5 Å². The van der Waals surface area contributed by atoms with Crippen LogP contribution in [0.2, 0.25) is 0 Å². The zero-order valence-corrected chi connectivity index (χ0v) is 23.4. The summed E-state index contributed by atoms with van der Waals surface area (Å²) in [5.74, 6) is -6.98. The van der Waals surface area contributed by atoms with Gasteiger partial charge < -0.3 is 39.9 Å². The van der Waals surface area contributed by atoms with E-state index < -0.39 is 23.9 Å². The van der Waals surface area contributed by atoms with Crippen LogP contribution in [0.5, 0.6) is 5.88 Å². The number of carbonyl (C=O) groups is 4. The van der Waals surface area contributed by atoms with Crippen LogP contribution in [-0.2, 0) is 38.7 Å². The summed E-state index contributed by atoms with van der Waals surface area (Å²) in [7, 11) is 0. The lowest BCUT2D eigenvalue weighted by molar-refractivity contribution is -0.159. The third-order valence-electron chi connectivity index (χ3n) is 6.69. The van der Waals surface area contributed by atoms with Crippen molar-refractivity contribution in [1.82, 2.24) is 30.0 Å². The normalized spacial score (nSPS) is 14.6. The van der Waals surface area contributed by atoms with Gasteiger partial charge in [0.1, 0.15) is 5.82 Å². The first-order valence-electron chi connectivity index (χ1n) is 13.5. The maximum absolute atomic E-state index is 13.7. The number of nitrogens with zero attached hydrogens (tertiary/aromatic N) is 5. The summed E-state index contributed by atoms with van der Waals surface area (Å²) in [5.41, 5.74) is 3.08. The van der Waals surface area contributed by atoms with Gasteiger partial charge in [-0.3, -0.25) is 4.79 Å².